The first kappa shape index (κ1) is 21.5. The van der Waals surface area contributed by atoms with Crippen molar-refractivity contribution in [2.75, 3.05) is 19.6 Å². The van der Waals surface area contributed by atoms with Crippen LogP contribution < -0.4 is 20.3 Å². The van der Waals surface area contributed by atoms with E-state index < -0.39 is 0 Å². The van der Waals surface area contributed by atoms with E-state index in [2.05, 4.69) is 34.5 Å². The van der Waals surface area contributed by atoms with Crippen LogP contribution in [-0.4, -0.2) is 24.2 Å². The first-order chi connectivity index (χ1) is 16.6. The summed E-state index contributed by atoms with van der Waals surface area (Å²) in [6, 6.07) is 19.6. The van der Waals surface area contributed by atoms with E-state index in [-0.39, 0.29) is 0 Å². The normalized spacial score (nSPS) is 11.7. The number of hydrogen-bond acceptors (Lipinski definition) is 7. The van der Waals surface area contributed by atoms with Crippen molar-refractivity contribution >= 4 is 27.7 Å². The molecular weight excluding hydrogens is 428 g/mol. The number of para-hydroxylation sites is 1. The zero-order valence-corrected chi connectivity index (χ0v) is 19.4. The summed E-state index contributed by atoms with van der Waals surface area (Å²) in [6.45, 7) is 4.09. The number of anilines is 1. The summed E-state index contributed by atoms with van der Waals surface area (Å²) in [5.74, 6) is 2.58. The molecule has 34 heavy (non-hydrogen) atoms. The highest BCUT2D eigenvalue weighted by Crippen LogP contribution is 2.33. The molecule has 170 valence electrons. The van der Waals surface area contributed by atoms with Gasteiger partial charge in [-0.3, -0.25) is 5.43 Å². The largest absolute Gasteiger partial charge is 0.493 e. The average molecular weight is 453 g/mol. The Bertz CT molecular complexity index is 1590. The smallest absolute Gasteiger partial charge is 0.161 e. The molecule has 3 aromatic carbocycles. The first-order valence-corrected chi connectivity index (χ1v) is 10.8. The van der Waals surface area contributed by atoms with E-state index in [1.54, 1.807) is 14.2 Å². The molecule has 0 aliphatic carbocycles. The molecule has 0 aliphatic heterocycles. The molecule has 0 bridgehead atoms. The Kier molecular flexibility index (Phi) is 5.59. The predicted molar refractivity (Wildman–Crippen MR) is 133 cm³/mol. The van der Waals surface area contributed by atoms with Gasteiger partial charge in [-0.1, -0.05) is 18.2 Å². The van der Waals surface area contributed by atoms with Crippen LogP contribution in [0.3, 0.4) is 0 Å². The fraction of sp³-hybridized carbons (Fsp3) is 0.148. The Morgan fingerprint density at radius 2 is 1.68 bits per heavy atom. The minimum atomic E-state index is 0.625. The standard InChI is InChI=1S/C27H24N4O3/c1-16-11-17(2)26-20(12-16)22(30-31-27-19-7-5-6-8-21(19)28-15-29-27)14-24(34-26)18-9-10-23(32-3)25(13-18)33-4/h5-15H,1-4H3,(H,28,29,31). The number of rotatable bonds is 5. The summed E-state index contributed by atoms with van der Waals surface area (Å²) in [6.07, 6.45) is 1.53. The van der Waals surface area contributed by atoms with Crippen LogP contribution in [0.25, 0.3) is 33.2 Å². The van der Waals surface area contributed by atoms with Crippen molar-refractivity contribution in [3.05, 3.63) is 83.5 Å². The second-order valence-corrected chi connectivity index (χ2v) is 7.99. The molecule has 0 amide bonds. The first-order valence-electron chi connectivity index (χ1n) is 10.8. The van der Waals surface area contributed by atoms with Gasteiger partial charge in [0.15, 0.2) is 17.3 Å². The lowest BCUT2D eigenvalue weighted by molar-refractivity contribution is 0.355. The number of aromatic nitrogens is 2. The molecule has 0 saturated carbocycles. The van der Waals surface area contributed by atoms with E-state index in [0.717, 1.165) is 43.9 Å². The molecule has 0 saturated heterocycles. The lowest BCUT2D eigenvalue weighted by Crippen LogP contribution is -2.09. The van der Waals surface area contributed by atoms with E-state index in [4.69, 9.17) is 19.0 Å². The Labute approximate surface area is 196 Å². The molecule has 0 unspecified atom stereocenters. The summed E-state index contributed by atoms with van der Waals surface area (Å²) < 4.78 is 17.2. The third kappa shape index (κ3) is 3.92. The molecule has 7 nitrogen and oxygen atoms in total. The van der Waals surface area contributed by atoms with Crippen LogP contribution in [0.2, 0.25) is 0 Å². The van der Waals surface area contributed by atoms with Crippen LogP contribution in [0.1, 0.15) is 11.1 Å². The maximum atomic E-state index is 6.36. The molecular formula is C27H24N4O3. The number of ether oxygens (including phenoxy) is 2. The van der Waals surface area contributed by atoms with Gasteiger partial charge in [-0.05, 0) is 61.4 Å². The van der Waals surface area contributed by atoms with E-state index in [0.29, 0.717) is 23.1 Å². The molecule has 0 atom stereocenters. The van der Waals surface area contributed by atoms with Crippen molar-refractivity contribution < 1.29 is 13.9 Å². The summed E-state index contributed by atoms with van der Waals surface area (Å²) in [5, 5.41) is 7.28. The Morgan fingerprint density at radius 1 is 0.853 bits per heavy atom. The minimum Gasteiger partial charge on any atom is -0.493 e. The summed E-state index contributed by atoms with van der Waals surface area (Å²) >= 11 is 0. The van der Waals surface area contributed by atoms with Crippen molar-refractivity contribution in [3.8, 4) is 22.8 Å². The van der Waals surface area contributed by atoms with Gasteiger partial charge in [-0.2, -0.15) is 5.10 Å². The number of nitrogens with one attached hydrogen (secondary N) is 1. The fourth-order valence-electron chi connectivity index (χ4n) is 4.05. The van der Waals surface area contributed by atoms with Crippen molar-refractivity contribution in [1.82, 2.24) is 9.97 Å². The molecule has 5 rings (SSSR count). The van der Waals surface area contributed by atoms with Crippen molar-refractivity contribution in [3.63, 3.8) is 0 Å². The van der Waals surface area contributed by atoms with Gasteiger partial charge in [0.25, 0.3) is 0 Å². The van der Waals surface area contributed by atoms with Gasteiger partial charge in [0.1, 0.15) is 17.7 Å². The lowest BCUT2D eigenvalue weighted by Gasteiger charge is -2.11. The third-order valence-electron chi connectivity index (χ3n) is 5.67. The number of methoxy groups -OCH3 is 2. The molecule has 1 N–H and O–H groups in total. The molecule has 7 heteroatoms. The number of aryl methyl sites for hydroxylation is 2. The van der Waals surface area contributed by atoms with E-state index >= 15 is 0 Å². The Balaban J connectivity index is 1.70. The topological polar surface area (TPSA) is 81.8 Å². The van der Waals surface area contributed by atoms with Gasteiger partial charge >= 0.3 is 0 Å². The monoisotopic (exact) mass is 452 g/mol. The van der Waals surface area contributed by atoms with Crippen LogP contribution >= 0.6 is 0 Å². The van der Waals surface area contributed by atoms with Crippen molar-refractivity contribution in [2.24, 2.45) is 5.10 Å². The van der Waals surface area contributed by atoms with Crippen LogP contribution in [0.15, 0.2) is 76.5 Å². The summed E-state index contributed by atoms with van der Waals surface area (Å²) in [4.78, 5) is 8.71. The highest BCUT2D eigenvalue weighted by molar-refractivity contribution is 5.88. The zero-order valence-electron chi connectivity index (χ0n) is 19.4. The van der Waals surface area contributed by atoms with Gasteiger partial charge in [0, 0.05) is 22.4 Å². The van der Waals surface area contributed by atoms with Gasteiger partial charge in [0.05, 0.1) is 25.1 Å². The zero-order chi connectivity index (χ0) is 23.7. The molecule has 0 radical (unpaired) electrons. The number of nitrogens with zero attached hydrogens (tertiary/aromatic N) is 3. The Hall–Kier alpha value is -4.39. The SMILES string of the molecule is COc1ccc(-c2cc(=NNc3ncnc4ccccc34)c3cc(C)cc(C)c3o2)cc1OC. The van der Waals surface area contributed by atoms with Crippen LogP contribution in [0, 0.1) is 13.8 Å². The highest BCUT2D eigenvalue weighted by Gasteiger charge is 2.12. The van der Waals surface area contributed by atoms with Crippen LogP contribution in [-0.2, 0) is 0 Å². The third-order valence-corrected chi connectivity index (χ3v) is 5.67. The van der Waals surface area contributed by atoms with Gasteiger partial charge in [-0.25, -0.2) is 9.97 Å². The van der Waals surface area contributed by atoms with E-state index in [1.807, 2.05) is 55.5 Å². The molecule has 2 heterocycles. The molecule has 2 aromatic heterocycles. The maximum absolute atomic E-state index is 6.36. The van der Waals surface area contributed by atoms with E-state index in [1.165, 1.54) is 6.33 Å². The van der Waals surface area contributed by atoms with Gasteiger partial charge in [-0.15, -0.1) is 0 Å². The molecule has 5 aromatic rings. The summed E-state index contributed by atoms with van der Waals surface area (Å²) in [7, 11) is 3.23. The summed E-state index contributed by atoms with van der Waals surface area (Å²) in [5.41, 5.74) is 7.77. The maximum Gasteiger partial charge on any atom is 0.161 e. The predicted octanol–water partition coefficient (Wildman–Crippen LogP) is 5.60. The van der Waals surface area contributed by atoms with Crippen LogP contribution in [0.4, 0.5) is 5.82 Å². The average Bonchev–Trinajstić information content (AvgIpc) is 2.86. The second-order valence-electron chi connectivity index (χ2n) is 7.99. The van der Waals surface area contributed by atoms with Gasteiger partial charge < -0.3 is 13.9 Å². The van der Waals surface area contributed by atoms with Gasteiger partial charge in [0.2, 0.25) is 0 Å². The molecule has 0 fully saturated rings. The second kappa shape index (κ2) is 8.86. The number of fused-ring (bicyclic) bond motifs is 2. The molecule has 0 aliphatic rings. The highest BCUT2D eigenvalue weighted by atomic mass is 16.5. The van der Waals surface area contributed by atoms with E-state index in [9.17, 15) is 0 Å². The van der Waals surface area contributed by atoms with Crippen molar-refractivity contribution in [1.29, 1.82) is 0 Å². The quantitative estimate of drug-likeness (QED) is 0.349. The lowest BCUT2D eigenvalue weighted by atomic mass is 10.1. The Morgan fingerprint density at radius 3 is 2.50 bits per heavy atom. The minimum absolute atomic E-state index is 0.625. The van der Waals surface area contributed by atoms with Crippen molar-refractivity contribution in [2.45, 2.75) is 13.8 Å². The number of hydrogen-bond donors (Lipinski definition) is 1. The number of benzene rings is 3. The molecule has 0 spiro atoms. The van der Waals surface area contributed by atoms with Crippen LogP contribution in [0.5, 0.6) is 11.5 Å². The fourth-order valence-corrected chi connectivity index (χ4v) is 4.05.